The number of anilines is 2. The van der Waals surface area contributed by atoms with Crippen molar-refractivity contribution < 1.29 is 14.3 Å². The molecule has 2 aromatic carbocycles. The SMILES string of the molecule is CCOc1ccc(C(=O)CCC(=O)Nc2cc(Cl)ccc2N2CCCC2)cc1. The quantitative estimate of drug-likeness (QED) is 0.637. The molecule has 1 saturated heterocycles. The van der Waals surface area contributed by atoms with E-state index in [4.69, 9.17) is 16.3 Å². The highest BCUT2D eigenvalue weighted by atomic mass is 35.5. The van der Waals surface area contributed by atoms with Crippen LogP contribution in [0.5, 0.6) is 5.75 Å². The predicted molar refractivity (Wildman–Crippen MR) is 113 cm³/mol. The number of carbonyl (C=O) groups is 2. The highest BCUT2D eigenvalue weighted by molar-refractivity contribution is 6.31. The van der Waals surface area contributed by atoms with Gasteiger partial charge in [0.1, 0.15) is 5.75 Å². The Morgan fingerprint density at radius 3 is 2.46 bits per heavy atom. The molecule has 1 fully saturated rings. The van der Waals surface area contributed by atoms with Crippen molar-refractivity contribution in [1.29, 1.82) is 0 Å². The van der Waals surface area contributed by atoms with Gasteiger partial charge in [0.15, 0.2) is 5.78 Å². The van der Waals surface area contributed by atoms with Crippen LogP contribution in [-0.2, 0) is 4.79 Å². The zero-order chi connectivity index (χ0) is 19.9. The average Bonchev–Trinajstić information content (AvgIpc) is 3.21. The normalized spacial score (nSPS) is 13.4. The molecule has 1 aliphatic heterocycles. The molecule has 5 nitrogen and oxygen atoms in total. The van der Waals surface area contributed by atoms with Crippen molar-refractivity contribution in [1.82, 2.24) is 0 Å². The second-order valence-electron chi connectivity index (χ2n) is 6.78. The van der Waals surface area contributed by atoms with Crippen LogP contribution in [-0.4, -0.2) is 31.4 Å². The van der Waals surface area contributed by atoms with Gasteiger partial charge in [-0.1, -0.05) is 11.6 Å². The number of carbonyl (C=O) groups excluding carboxylic acids is 2. The minimum absolute atomic E-state index is 0.0657. The molecule has 0 spiro atoms. The van der Waals surface area contributed by atoms with E-state index < -0.39 is 0 Å². The summed E-state index contributed by atoms with van der Waals surface area (Å²) >= 11 is 6.12. The molecule has 1 aliphatic rings. The fourth-order valence-corrected chi connectivity index (χ4v) is 3.50. The van der Waals surface area contributed by atoms with Gasteiger partial charge in [-0.25, -0.2) is 0 Å². The Kier molecular flexibility index (Phi) is 6.93. The molecule has 148 valence electrons. The Balaban J connectivity index is 1.58. The van der Waals surface area contributed by atoms with Gasteiger partial charge in [-0.2, -0.15) is 0 Å². The summed E-state index contributed by atoms with van der Waals surface area (Å²) in [5.74, 6) is 0.471. The van der Waals surface area contributed by atoms with Crippen molar-refractivity contribution in [2.45, 2.75) is 32.6 Å². The first kappa shape index (κ1) is 20.2. The molecule has 1 heterocycles. The van der Waals surface area contributed by atoms with E-state index in [1.54, 1.807) is 30.3 Å². The number of ketones is 1. The highest BCUT2D eigenvalue weighted by Crippen LogP contribution is 2.31. The molecule has 0 unspecified atom stereocenters. The molecule has 0 bridgehead atoms. The van der Waals surface area contributed by atoms with E-state index in [9.17, 15) is 9.59 Å². The Labute approximate surface area is 170 Å². The van der Waals surface area contributed by atoms with E-state index in [2.05, 4.69) is 10.2 Å². The molecule has 0 aromatic heterocycles. The number of hydrogen-bond donors (Lipinski definition) is 1. The predicted octanol–water partition coefficient (Wildman–Crippen LogP) is 4.94. The van der Waals surface area contributed by atoms with Gasteiger partial charge in [-0.3, -0.25) is 9.59 Å². The maximum Gasteiger partial charge on any atom is 0.224 e. The molecule has 1 N–H and O–H groups in total. The maximum atomic E-state index is 12.4. The van der Waals surface area contributed by atoms with Crippen molar-refractivity contribution in [3.05, 3.63) is 53.1 Å². The summed E-state index contributed by atoms with van der Waals surface area (Å²) < 4.78 is 5.38. The zero-order valence-corrected chi connectivity index (χ0v) is 16.8. The molecule has 28 heavy (non-hydrogen) atoms. The summed E-state index contributed by atoms with van der Waals surface area (Å²) in [5.41, 5.74) is 2.26. The van der Waals surface area contributed by atoms with E-state index in [-0.39, 0.29) is 24.5 Å². The van der Waals surface area contributed by atoms with Crippen LogP contribution < -0.4 is 15.0 Å². The van der Waals surface area contributed by atoms with Gasteiger partial charge in [0, 0.05) is 36.5 Å². The number of hydrogen-bond acceptors (Lipinski definition) is 4. The van der Waals surface area contributed by atoms with Gasteiger partial charge >= 0.3 is 0 Å². The van der Waals surface area contributed by atoms with Crippen LogP contribution >= 0.6 is 11.6 Å². The summed E-state index contributed by atoms with van der Waals surface area (Å²) in [6, 6.07) is 12.5. The van der Waals surface area contributed by atoms with Crippen molar-refractivity contribution >= 4 is 34.7 Å². The van der Waals surface area contributed by atoms with Crippen molar-refractivity contribution in [2.24, 2.45) is 0 Å². The van der Waals surface area contributed by atoms with E-state index >= 15 is 0 Å². The standard InChI is InChI=1S/C22H25ClN2O3/c1-2-28-18-8-5-16(6-9-18)21(26)11-12-22(27)24-19-15-17(23)7-10-20(19)25-13-3-4-14-25/h5-10,15H,2-4,11-14H2,1H3,(H,24,27). The molecular weight excluding hydrogens is 376 g/mol. The number of amides is 1. The van der Waals surface area contributed by atoms with Gasteiger partial charge < -0.3 is 15.0 Å². The van der Waals surface area contributed by atoms with Gasteiger partial charge in [-0.05, 0) is 62.2 Å². The molecular formula is C22H25ClN2O3. The van der Waals surface area contributed by atoms with Crippen molar-refractivity contribution in [3.63, 3.8) is 0 Å². The molecule has 0 saturated carbocycles. The fraction of sp³-hybridized carbons (Fsp3) is 0.364. The molecule has 1 amide bonds. The van der Waals surface area contributed by atoms with Gasteiger partial charge in [0.05, 0.1) is 18.0 Å². The average molecular weight is 401 g/mol. The molecule has 2 aromatic rings. The third-order valence-electron chi connectivity index (χ3n) is 4.75. The lowest BCUT2D eigenvalue weighted by molar-refractivity contribution is -0.116. The first-order chi connectivity index (χ1) is 13.6. The number of Topliss-reactive ketones (excluding diaryl/α,β-unsaturated/α-hetero) is 1. The van der Waals surface area contributed by atoms with Gasteiger partial charge in [0.2, 0.25) is 5.91 Å². The number of benzene rings is 2. The topological polar surface area (TPSA) is 58.6 Å². The minimum Gasteiger partial charge on any atom is -0.494 e. The second-order valence-corrected chi connectivity index (χ2v) is 7.22. The van der Waals surface area contributed by atoms with E-state index in [0.717, 1.165) is 37.4 Å². The van der Waals surface area contributed by atoms with Crippen LogP contribution in [0.1, 0.15) is 43.0 Å². The Bertz CT molecular complexity index is 830. The monoisotopic (exact) mass is 400 g/mol. The lowest BCUT2D eigenvalue weighted by Gasteiger charge is -2.21. The van der Waals surface area contributed by atoms with E-state index in [0.29, 0.717) is 22.9 Å². The van der Waals surface area contributed by atoms with Crippen molar-refractivity contribution in [3.8, 4) is 5.75 Å². The first-order valence-corrected chi connectivity index (χ1v) is 10.0. The third kappa shape index (κ3) is 5.26. The fourth-order valence-electron chi connectivity index (χ4n) is 3.33. The number of halogens is 1. The van der Waals surface area contributed by atoms with Crippen LogP contribution in [0.15, 0.2) is 42.5 Å². The van der Waals surface area contributed by atoms with Crippen LogP contribution in [0, 0.1) is 0 Å². The van der Waals surface area contributed by atoms with Gasteiger partial charge in [0.25, 0.3) is 0 Å². The second kappa shape index (κ2) is 9.60. The maximum absolute atomic E-state index is 12.4. The largest absolute Gasteiger partial charge is 0.494 e. The molecule has 0 radical (unpaired) electrons. The summed E-state index contributed by atoms with van der Waals surface area (Å²) in [7, 11) is 0. The smallest absolute Gasteiger partial charge is 0.224 e. The Morgan fingerprint density at radius 2 is 1.79 bits per heavy atom. The number of nitrogens with one attached hydrogen (secondary N) is 1. The van der Waals surface area contributed by atoms with E-state index in [1.165, 1.54) is 0 Å². The van der Waals surface area contributed by atoms with Crippen LogP contribution in [0.3, 0.4) is 0 Å². The summed E-state index contributed by atoms with van der Waals surface area (Å²) in [6.45, 7) is 4.44. The summed E-state index contributed by atoms with van der Waals surface area (Å²) in [6.07, 6.45) is 2.57. The number of nitrogens with zero attached hydrogens (tertiary/aromatic N) is 1. The number of ether oxygens (including phenoxy) is 1. The summed E-state index contributed by atoms with van der Waals surface area (Å²) in [4.78, 5) is 27.0. The third-order valence-corrected chi connectivity index (χ3v) is 4.98. The Morgan fingerprint density at radius 1 is 1.07 bits per heavy atom. The lowest BCUT2D eigenvalue weighted by atomic mass is 10.1. The van der Waals surface area contributed by atoms with Crippen LogP contribution in [0.2, 0.25) is 5.02 Å². The van der Waals surface area contributed by atoms with Crippen LogP contribution in [0.25, 0.3) is 0 Å². The highest BCUT2D eigenvalue weighted by Gasteiger charge is 2.18. The lowest BCUT2D eigenvalue weighted by Crippen LogP contribution is -2.21. The first-order valence-electron chi connectivity index (χ1n) is 9.67. The van der Waals surface area contributed by atoms with Crippen molar-refractivity contribution in [2.75, 3.05) is 29.9 Å². The molecule has 0 aliphatic carbocycles. The van der Waals surface area contributed by atoms with Gasteiger partial charge in [-0.15, -0.1) is 0 Å². The number of rotatable bonds is 8. The molecule has 6 heteroatoms. The van der Waals surface area contributed by atoms with Crippen LogP contribution in [0.4, 0.5) is 11.4 Å². The molecule has 0 atom stereocenters. The molecule has 3 rings (SSSR count). The summed E-state index contributed by atoms with van der Waals surface area (Å²) in [5, 5.41) is 3.50. The Hall–Kier alpha value is -2.53. The zero-order valence-electron chi connectivity index (χ0n) is 16.0. The minimum atomic E-state index is -0.193. The van der Waals surface area contributed by atoms with E-state index in [1.807, 2.05) is 19.1 Å².